The average molecular weight is 172 g/mol. The van der Waals surface area contributed by atoms with Crippen LogP contribution in [0.4, 0.5) is 0 Å². The molecule has 0 rings (SSSR count). The molecule has 0 saturated heterocycles. The van der Waals surface area contributed by atoms with Gasteiger partial charge in [0.25, 0.3) is 8.32 Å². The predicted molar refractivity (Wildman–Crippen MR) is 48.9 cm³/mol. The minimum atomic E-state index is -2.08. The lowest BCUT2D eigenvalue weighted by Crippen LogP contribution is -2.42. The Morgan fingerprint density at radius 2 is 2.27 bits per heavy atom. The molecule has 0 aromatic carbocycles. The summed E-state index contributed by atoms with van der Waals surface area (Å²) in [4.78, 5) is 11.3. The monoisotopic (exact) mass is 172 g/mol. The van der Waals surface area contributed by atoms with E-state index in [4.69, 9.17) is 4.43 Å². The molecule has 0 fully saturated rings. The van der Waals surface area contributed by atoms with Gasteiger partial charge in [0.2, 0.25) is 0 Å². The van der Waals surface area contributed by atoms with Crippen molar-refractivity contribution >= 4 is 13.7 Å². The fourth-order valence-electron chi connectivity index (χ4n) is 1.02. The van der Waals surface area contributed by atoms with Crippen molar-refractivity contribution in [3.63, 3.8) is 0 Å². The zero-order valence-electron chi connectivity index (χ0n) is 7.52. The summed E-state index contributed by atoms with van der Waals surface area (Å²) in [5.41, 5.74) is 0. The van der Waals surface area contributed by atoms with Crippen LogP contribution in [0.3, 0.4) is 0 Å². The highest BCUT2D eigenvalue weighted by Crippen LogP contribution is 2.14. The van der Waals surface area contributed by atoms with E-state index >= 15 is 0 Å². The van der Waals surface area contributed by atoms with Crippen molar-refractivity contribution < 1.29 is 9.22 Å². The van der Waals surface area contributed by atoms with E-state index in [1.165, 1.54) is 6.08 Å². The molecule has 0 spiro atoms. The Morgan fingerprint density at radius 3 is 2.55 bits per heavy atom. The zero-order valence-corrected chi connectivity index (χ0v) is 8.52. The second-order valence-electron chi connectivity index (χ2n) is 2.75. The Kier molecular flexibility index (Phi) is 4.29. The number of rotatable bonds is 5. The Morgan fingerprint density at radius 1 is 1.73 bits per heavy atom. The number of hydrogen-bond donors (Lipinski definition) is 0. The van der Waals surface area contributed by atoms with E-state index in [2.05, 4.69) is 13.5 Å². The molecule has 0 aromatic rings. The van der Waals surface area contributed by atoms with E-state index < -0.39 is 8.32 Å². The predicted octanol–water partition coefficient (Wildman–Crippen LogP) is 1.91. The second kappa shape index (κ2) is 4.46. The van der Waals surface area contributed by atoms with Crippen LogP contribution >= 0.6 is 0 Å². The molecule has 3 heteroatoms. The molecule has 0 aliphatic heterocycles. The molecule has 0 aromatic heterocycles. The van der Waals surface area contributed by atoms with E-state index in [9.17, 15) is 4.79 Å². The first-order chi connectivity index (χ1) is 5.10. The Balaban J connectivity index is 4.31. The van der Waals surface area contributed by atoms with Crippen molar-refractivity contribution in [2.24, 2.45) is 0 Å². The van der Waals surface area contributed by atoms with E-state index in [1.807, 2.05) is 6.55 Å². The van der Waals surface area contributed by atoms with Crippen molar-refractivity contribution in [1.29, 1.82) is 0 Å². The highest BCUT2D eigenvalue weighted by Gasteiger charge is 2.33. The lowest BCUT2D eigenvalue weighted by Gasteiger charge is -2.20. The smallest absolute Gasteiger partial charge is 0.266 e. The normalized spacial score (nSPS) is 15.5. The summed E-state index contributed by atoms with van der Waals surface area (Å²) in [5, 5.41) is 0.0989. The Hall–Kier alpha value is -0.413. The summed E-state index contributed by atoms with van der Waals surface area (Å²) in [6.45, 7) is 7.45. The van der Waals surface area contributed by atoms with Crippen molar-refractivity contribution in [2.75, 3.05) is 7.11 Å². The molecule has 2 nitrogen and oxygen atoms in total. The third kappa shape index (κ3) is 2.59. The van der Waals surface area contributed by atoms with E-state index in [1.54, 1.807) is 7.11 Å². The Labute approximate surface area is 69.4 Å². The van der Waals surface area contributed by atoms with E-state index in [0.29, 0.717) is 0 Å². The molecule has 11 heavy (non-hydrogen) atoms. The maximum Gasteiger partial charge on any atom is 0.266 e. The molecule has 64 valence electrons. The fourth-order valence-corrected chi connectivity index (χ4v) is 3.06. The summed E-state index contributed by atoms with van der Waals surface area (Å²) >= 11 is 0. The van der Waals surface area contributed by atoms with E-state index in [-0.39, 0.29) is 5.41 Å². The maximum absolute atomic E-state index is 11.3. The van der Waals surface area contributed by atoms with Gasteiger partial charge in [-0.1, -0.05) is 19.9 Å². The van der Waals surface area contributed by atoms with Crippen LogP contribution in [0.15, 0.2) is 12.7 Å². The number of allylic oxidation sites excluding steroid dienone is 1. The summed E-state index contributed by atoms with van der Waals surface area (Å²) in [7, 11) is -0.469. The summed E-state index contributed by atoms with van der Waals surface area (Å²) in [5.74, 6) is 0. The third-order valence-electron chi connectivity index (χ3n) is 1.88. The van der Waals surface area contributed by atoms with Gasteiger partial charge in [-0.15, -0.1) is 0 Å². The first-order valence-corrected chi connectivity index (χ1v) is 6.44. The largest absolute Gasteiger partial charge is 0.412 e. The van der Waals surface area contributed by atoms with Crippen LogP contribution in [-0.2, 0) is 9.22 Å². The van der Waals surface area contributed by atoms with Crippen molar-refractivity contribution in [3.8, 4) is 0 Å². The van der Waals surface area contributed by atoms with Gasteiger partial charge >= 0.3 is 0 Å². The van der Waals surface area contributed by atoms with Crippen molar-refractivity contribution in [2.45, 2.75) is 25.9 Å². The SMILES string of the molecule is C=CC(=O)[Si](C)(CCC)OC. The van der Waals surface area contributed by atoms with Gasteiger partial charge in [-0.25, -0.2) is 0 Å². The molecule has 0 N–H and O–H groups in total. The topological polar surface area (TPSA) is 26.3 Å². The first-order valence-electron chi connectivity index (χ1n) is 3.82. The summed E-state index contributed by atoms with van der Waals surface area (Å²) < 4.78 is 5.25. The molecule has 1 unspecified atom stereocenters. The van der Waals surface area contributed by atoms with Gasteiger partial charge < -0.3 is 4.43 Å². The third-order valence-corrected chi connectivity index (χ3v) is 5.49. The van der Waals surface area contributed by atoms with Gasteiger partial charge in [0.05, 0.1) is 0 Å². The first kappa shape index (κ1) is 10.6. The van der Waals surface area contributed by atoms with Gasteiger partial charge in [-0.2, -0.15) is 0 Å². The van der Waals surface area contributed by atoms with Gasteiger partial charge in [-0.05, 0) is 18.7 Å². The van der Waals surface area contributed by atoms with Gasteiger partial charge in [0.1, 0.15) is 0 Å². The number of carbonyl (C=O) groups is 1. The highest BCUT2D eigenvalue weighted by molar-refractivity contribution is 7.02. The Bertz CT molecular complexity index is 156. The molecule has 0 heterocycles. The fraction of sp³-hybridized carbons (Fsp3) is 0.625. The van der Waals surface area contributed by atoms with Crippen LogP contribution in [0, 0.1) is 0 Å². The quantitative estimate of drug-likeness (QED) is 0.468. The van der Waals surface area contributed by atoms with E-state index in [0.717, 1.165) is 12.5 Å². The van der Waals surface area contributed by atoms with Crippen molar-refractivity contribution in [1.82, 2.24) is 0 Å². The molecule has 0 saturated carbocycles. The molecule has 0 amide bonds. The summed E-state index contributed by atoms with van der Waals surface area (Å²) in [6.07, 6.45) is 2.38. The highest BCUT2D eigenvalue weighted by atomic mass is 28.4. The van der Waals surface area contributed by atoms with Crippen LogP contribution in [0.2, 0.25) is 12.6 Å². The van der Waals surface area contributed by atoms with Crippen LogP contribution < -0.4 is 0 Å². The van der Waals surface area contributed by atoms with Crippen LogP contribution in [-0.4, -0.2) is 20.8 Å². The minimum Gasteiger partial charge on any atom is -0.412 e. The standard InChI is InChI=1S/C8H16O2Si/c1-5-7-11(4,10-3)8(9)6-2/h6H,2,5,7H2,1,3-4H3. The molecule has 1 atom stereocenters. The second-order valence-corrected chi connectivity index (χ2v) is 6.62. The molecule has 0 radical (unpaired) electrons. The lowest BCUT2D eigenvalue weighted by atomic mass is 10.6. The molecule has 0 bridgehead atoms. The van der Waals surface area contributed by atoms with Crippen LogP contribution in [0.25, 0.3) is 0 Å². The number of hydrogen-bond acceptors (Lipinski definition) is 2. The molecule has 0 aliphatic carbocycles. The summed E-state index contributed by atoms with van der Waals surface area (Å²) in [6, 6.07) is 0.883. The van der Waals surface area contributed by atoms with Crippen molar-refractivity contribution in [3.05, 3.63) is 12.7 Å². The molecular weight excluding hydrogens is 156 g/mol. The zero-order chi connectivity index (χ0) is 8.91. The van der Waals surface area contributed by atoms with Gasteiger partial charge in [0.15, 0.2) is 5.41 Å². The lowest BCUT2D eigenvalue weighted by molar-refractivity contribution is -0.109. The van der Waals surface area contributed by atoms with Gasteiger partial charge in [0, 0.05) is 7.11 Å². The van der Waals surface area contributed by atoms with Crippen LogP contribution in [0.1, 0.15) is 13.3 Å². The average Bonchev–Trinajstić information content (AvgIpc) is 2.03. The maximum atomic E-state index is 11.3. The molecular formula is C8H16O2Si. The van der Waals surface area contributed by atoms with Gasteiger partial charge in [-0.3, -0.25) is 4.79 Å². The molecule has 0 aliphatic rings. The number of carbonyl (C=O) groups excluding carboxylic acids is 1. The minimum absolute atomic E-state index is 0.0989. The van der Waals surface area contributed by atoms with Crippen LogP contribution in [0.5, 0.6) is 0 Å².